The molecule has 0 saturated carbocycles. The summed E-state index contributed by atoms with van der Waals surface area (Å²) >= 11 is 0. The minimum Gasteiger partial charge on any atom is -0.381 e. The van der Waals surface area contributed by atoms with Crippen LogP contribution in [0.15, 0.2) is 86.1 Å². The van der Waals surface area contributed by atoms with Gasteiger partial charge in [-0.25, -0.2) is 15.0 Å². The zero-order valence-corrected chi connectivity index (χ0v) is 19.9. The van der Waals surface area contributed by atoms with Gasteiger partial charge < -0.3 is 5.32 Å². The topological polar surface area (TPSA) is 50.7 Å². The van der Waals surface area contributed by atoms with E-state index in [1.54, 1.807) is 6.20 Å². The Bertz CT molecular complexity index is 1350. The van der Waals surface area contributed by atoms with Crippen LogP contribution in [0.2, 0.25) is 0 Å². The highest BCUT2D eigenvalue weighted by molar-refractivity contribution is 5.78. The summed E-state index contributed by atoms with van der Waals surface area (Å²) < 4.78 is 38.4. The molecule has 0 saturated heterocycles. The van der Waals surface area contributed by atoms with Crippen molar-refractivity contribution in [1.82, 2.24) is 20.3 Å². The molecule has 0 fully saturated rings. The summed E-state index contributed by atoms with van der Waals surface area (Å²) in [4.78, 5) is 14.3. The largest absolute Gasteiger partial charge is 0.416 e. The van der Waals surface area contributed by atoms with Gasteiger partial charge in [-0.1, -0.05) is 55.1 Å². The van der Waals surface area contributed by atoms with Gasteiger partial charge in [0.1, 0.15) is 5.52 Å². The lowest BCUT2D eigenvalue weighted by Crippen LogP contribution is -2.12. The predicted octanol–water partition coefficient (Wildman–Crippen LogP) is 7.37. The molecule has 0 amide bonds. The predicted molar refractivity (Wildman–Crippen MR) is 138 cm³/mol. The molecule has 0 atom stereocenters. The Balaban J connectivity index is 1.54. The molecule has 2 aromatic carbocycles. The summed E-state index contributed by atoms with van der Waals surface area (Å²) in [6, 6.07) is 16.9. The van der Waals surface area contributed by atoms with Crippen LogP contribution in [-0.4, -0.2) is 15.0 Å². The normalized spacial score (nSPS) is 11.4. The molecule has 2 heterocycles. The van der Waals surface area contributed by atoms with Crippen LogP contribution >= 0.6 is 0 Å². The summed E-state index contributed by atoms with van der Waals surface area (Å²) in [7, 11) is 0. The highest BCUT2D eigenvalue weighted by Crippen LogP contribution is 2.29. The number of aromatic nitrogens is 3. The van der Waals surface area contributed by atoms with E-state index in [4.69, 9.17) is 9.97 Å². The summed E-state index contributed by atoms with van der Waals surface area (Å²) in [5.41, 5.74) is 5.36. The second-order valence-electron chi connectivity index (χ2n) is 8.51. The van der Waals surface area contributed by atoms with Crippen molar-refractivity contribution in [1.29, 1.82) is 0 Å². The van der Waals surface area contributed by atoms with Crippen LogP contribution in [0.25, 0.3) is 28.1 Å². The first-order valence-corrected chi connectivity index (χ1v) is 11.8. The van der Waals surface area contributed by atoms with Gasteiger partial charge in [-0.3, -0.25) is 0 Å². The number of benzene rings is 2. The molecule has 7 heteroatoms. The van der Waals surface area contributed by atoms with Crippen molar-refractivity contribution >= 4 is 16.9 Å². The molecule has 2 aromatic heterocycles. The second-order valence-corrected chi connectivity index (χ2v) is 8.51. The number of nitrogens with zero attached hydrogens (tertiary/aromatic N) is 3. The van der Waals surface area contributed by atoms with Crippen LogP contribution < -0.4 is 5.32 Å². The number of allylic oxidation sites excluding steroid dienone is 1. The summed E-state index contributed by atoms with van der Waals surface area (Å²) in [5.74, 6) is 0. The van der Waals surface area contributed by atoms with E-state index in [-0.39, 0.29) is 0 Å². The maximum absolute atomic E-state index is 12.8. The highest BCUT2D eigenvalue weighted by atomic mass is 19.4. The van der Waals surface area contributed by atoms with Gasteiger partial charge in [-0.15, -0.1) is 6.58 Å². The average Bonchev–Trinajstić information content (AvgIpc) is 2.89. The molecule has 0 unspecified atom stereocenters. The van der Waals surface area contributed by atoms with Crippen LogP contribution in [0.3, 0.4) is 0 Å². The summed E-state index contributed by atoms with van der Waals surface area (Å²) in [6.07, 6.45) is 3.00. The molecule has 1 N–H and O–H groups in total. The van der Waals surface area contributed by atoms with Gasteiger partial charge in [0, 0.05) is 29.6 Å². The minimum atomic E-state index is -4.35. The van der Waals surface area contributed by atoms with Gasteiger partial charge in [0.15, 0.2) is 5.65 Å². The molecular weight excluding hydrogens is 461 g/mol. The number of alkyl halides is 3. The smallest absolute Gasteiger partial charge is 0.381 e. The van der Waals surface area contributed by atoms with E-state index in [0.717, 1.165) is 60.3 Å². The van der Waals surface area contributed by atoms with Gasteiger partial charge in [-0.05, 0) is 49.4 Å². The summed E-state index contributed by atoms with van der Waals surface area (Å²) in [5, 5.41) is 3.16. The number of hydrogen-bond acceptors (Lipinski definition) is 4. The van der Waals surface area contributed by atoms with Gasteiger partial charge >= 0.3 is 6.18 Å². The molecule has 4 rings (SSSR count). The first-order chi connectivity index (χ1) is 17.3. The Morgan fingerprint density at radius 2 is 1.72 bits per heavy atom. The van der Waals surface area contributed by atoms with Crippen molar-refractivity contribution in [2.45, 2.75) is 38.4 Å². The van der Waals surface area contributed by atoms with Crippen LogP contribution in [0, 0.1) is 0 Å². The van der Waals surface area contributed by atoms with Crippen molar-refractivity contribution in [3.8, 4) is 11.3 Å². The molecule has 0 aliphatic heterocycles. The van der Waals surface area contributed by atoms with E-state index >= 15 is 0 Å². The SMILES string of the molecule is C=CCCCCc1nc2cc(C(=C)NCc3ccc(C(F)(F)F)cc3)cnc2nc1-c1ccccc1. The Labute approximate surface area is 208 Å². The lowest BCUT2D eigenvalue weighted by molar-refractivity contribution is -0.137. The fraction of sp³-hybridized carbons (Fsp3) is 0.207. The first kappa shape index (κ1) is 25.1. The van der Waals surface area contributed by atoms with Gasteiger partial charge in [-0.2, -0.15) is 13.2 Å². The van der Waals surface area contributed by atoms with Crippen LogP contribution in [0.4, 0.5) is 13.2 Å². The number of unbranched alkanes of at least 4 members (excludes halogenated alkanes) is 2. The lowest BCUT2D eigenvalue weighted by Gasteiger charge is -2.13. The zero-order valence-electron chi connectivity index (χ0n) is 19.9. The standard InChI is InChI=1S/C29H27F3N4/c1-3-4-5-9-12-25-27(22-10-7-6-8-11-22)36-28-26(35-25)17-23(19-34-28)20(2)33-18-21-13-15-24(16-14-21)29(30,31)32/h3,6-8,10-11,13-17,19,33H,1-2,4-5,9,12,18H2. The monoisotopic (exact) mass is 488 g/mol. The molecule has 4 aromatic rings. The third kappa shape index (κ3) is 6.16. The number of hydrogen-bond donors (Lipinski definition) is 1. The van der Waals surface area contributed by atoms with Crippen molar-refractivity contribution in [3.05, 3.63) is 108 Å². The van der Waals surface area contributed by atoms with Crippen molar-refractivity contribution in [3.63, 3.8) is 0 Å². The fourth-order valence-corrected chi connectivity index (χ4v) is 3.85. The molecule has 0 radical (unpaired) electrons. The zero-order chi connectivity index (χ0) is 25.5. The number of aryl methyl sites for hydroxylation is 1. The minimum absolute atomic E-state index is 0.336. The number of fused-ring (bicyclic) bond motifs is 1. The van der Waals surface area contributed by atoms with E-state index in [0.29, 0.717) is 29.0 Å². The van der Waals surface area contributed by atoms with Gasteiger partial charge in [0.2, 0.25) is 0 Å². The Kier molecular flexibility index (Phi) is 7.78. The van der Waals surface area contributed by atoms with Crippen molar-refractivity contribution < 1.29 is 13.2 Å². The maximum Gasteiger partial charge on any atom is 0.416 e. The van der Waals surface area contributed by atoms with E-state index < -0.39 is 11.7 Å². The molecule has 0 spiro atoms. The van der Waals surface area contributed by atoms with Gasteiger partial charge in [0.05, 0.1) is 17.0 Å². The second kappa shape index (κ2) is 11.2. The maximum atomic E-state index is 12.8. The number of halogens is 3. The highest BCUT2D eigenvalue weighted by Gasteiger charge is 2.29. The average molecular weight is 489 g/mol. The third-order valence-electron chi connectivity index (χ3n) is 5.85. The first-order valence-electron chi connectivity index (χ1n) is 11.8. The Hall–Kier alpha value is -4.00. The van der Waals surface area contributed by atoms with Gasteiger partial charge in [0.25, 0.3) is 0 Å². The quantitative estimate of drug-likeness (QED) is 0.187. The fourth-order valence-electron chi connectivity index (χ4n) is 3.85. The molecule has 184 valence electrons. The number of pyridine rings is 1. The molecule has 36 heavy (non-hydrogen) atoms. The van der Waals surface area contributed by atoms with Crippen LogP contribution in [0.5, 0.6) is 0 Å². The van der Waals surface area contributed by atoms with Crippen LogP contribution in [-0.2, 0) is 19.1 Å². The number of rotatable bonds is 10. The lowest BCUT2D eigenvalue weighted by atomic mass is 10.0. The van der Waals surface area contributed by atoms with Crippen molar-refractivity contribution in [2.24, 2.45) is 0 Å². The van der Waals surface area contributed by atoms with E-state index in [1.807, 2.05) is 42.5 Å². The summed E-state index contributed by atoms with van der Waals surface area (Å²) in [6.45, 7) is 8.20. The molecule has 0 aliphatic rings. The van der Waals surface area contributed by atoms with Crippen molar-refractivity contribution in [2.75, 3.05) is 0 Å². The molecule has 0 aliphatic carbocycles. The molecule has 4 nitrogen and oxygen atoms in total. The van der Waals surface area contributed by atoms with Crippen LogP contribution in [0.1, 0.15) is 41.6 Å². The van der Waals surface area contributed by atoms with E-state index in [2.05, 4.69) is 23.5 Å². The molecular formula is C29H27F3N4. The Morgan fingerprint density at radius 3 is 2.42 bits per heavy atom. The Morgan fingerprint density at radius 1 is 0.972 bits per heavy atom. The van der Waals surface area contributed by atoms with E-state index in [9.17, 15) is 13.2 Å². The van der Waals surface area contributed by atoms with E-state index in [1.165, 1.54) is 12.1 Å². The molecule has 0 bridgehead atoms. The number of nitrogens with one attached hydrogen (secondary N) is 1. The third-order valence-corrected chi connectivity index (χ3v) is 5.85.